The summed E-state index contributed by atoms with van der Waals surface area (Å²) in [6.07, 6.45) is 1.85. The van der Waals surface area contributed by atoms with E-state index in [2.05, 4.69) is 17.0 Å². The van der Waals surface area contributed by atoms with Crippen molar-refractivity contribution in [1.82, 2.24) is 9.21 Å². The van der Waals surface area contributed by atoms with E-state index < -0.39 is 10.0 Å². The molecule has 3 aliphatic heterocycles. The molecule has 0 radical (unpaired) electrons. The van der Waals surface area contributed by atoms with Gasteiger partial charge >= 0.3 is 0 Å². The van der Waals surface area contributed by atoms with Gasteiger partial charge in [0.05, 0.1) is 18.1 Å². The number of sulfonamides is 1. The highest BCUT2D eigenvalue weighted by Crippen LogP contribution is 2.34. The number of fused-ring (bicyclic) bond motifs is 1. The van der Waals surface area contributed by atoms with Gasteiger partial charge in [-0.3, -0.25) is 4.79 Å². The van der Waals surface area contributed by atoms with E-state index >= 15 is 0 Å². The summed E-state index contributed by atoms with van der Waals surface area (Å²) < 4.78 is 39.2. The number of piperidine rings is 1. The van der Waals surface area contributed by atoms with E-state index in [9.17, 15) is 13.2 Å². The molecule has 5 rings (SSSR count). The van der Waals surface area contributed by atoms with Gasteiger partial charge in [0.15, 0.2) is 11.5 Å². The first-order valence-corrected chi connectivity index (χ1v) is 13.4. The van der Waals surface area contributed by atoms with Gasteiger partial charge in [0.1, 0.15) is 0 Å². The van der Waals surface area contributed by atoms with Crippen LogP contribution in [0.3, 0.4) is 0 Å². The second-order valence-electron chi connectivity index (χ2n) is 8.99. The number of hydrogen-bond donors (Lipinski definition) is 0. The Morgan fingerprint density at radius 2 is 1.50 bits per heavy atom. The lowest BCUT2D eigenvalue weighted by atomic mass is 9.96. The first-order valence-electron chi connectivity index (χ1n) is 12.0. The average Bonchev–Trinajstić information content (AvgIpc) is 3.14. The van der Waals surface area contributed by atoms with Crippen LogP contribution in [-0.2, 0) is 14.8 Å². The van der Waals surface area contributed by atoms with Crippen LogP contribution in [0.2, 0.25) is 0 Å². The van der Waals surface area contributed by atoms with Crippen LogP contribution in [0, 0.1) is 5.92 Å². The van der Waals surface area contributed by atoms with Crippen LogP contribution in [0.1, 0.15) is 19.3 Å². The molecule has 0 N–H and O–H groups in total. The molecule has 0 aromatic heterocycles. The highest BCUT2D eigenvalue weighted by molar-refractivity contribution is 7.89. The maximum absolute atomic E-state index is 13.2. The van der Waals surface area contributed by atoms with Crippen LogP contribution in [-0.4, -0.2) is 76.0 Å². The second kappa shape index (κ2) is 9.84. The summed E-state index contributed by atoms with van der Waals surface area (Å²) in [6.45, 7) is 4.77. The van der Waals surface area contributed by atoms with Crippen molar-refractivity contribution >= 4 is 21.6 Å². The Morgan fingerprint density at radius 1 is 0.824 bits per heavy atom. The van der Waals surface area contributed by atoms with Crippen molar-refractivity contribution in [3.05, 3.63) is 48.5 Å². The summed E-state index contributed by atoms with van der Waals surface area (Å²) in [4.78, 5) is 17.6. The van der Waals surface area contributed by atoms with Crippen LogP contribution in [0.5, 0.6) is 11.5 Å². The zero-order valence-corrected chi connectivity index (χ0v) is 20.1. The van der Waals surface area contributed by atoms with Gasteiger partial charge in [-0.05, 0) is 37.1 Å². The molecule has 34 heavy (non-hydrogen) atoms. The van der Waals surface area contributed by atoms with Crippen molar-refractivity contribution in [3.8, 4) is 11.5 Å². The number of ether oxygens (including phenoxy) is 2. The molecular formula is C25H31N3O5S. The number of amides is 1. The van der Waals surface area contributed by atoms with Gasteiger partial charge in [-0.2, -0.15) is 4.31 Å². The molecule has 2 saturated heterocycles. The lowest BCUT2D eigenvalue weighted by molar-refractivity contribution is -0.137. The van der Waals surface area contributed by atoms with Crippen molar-refractivity contribution in [1.29, 1.82) is 0 Å². The second-order valence-corrected chi connectivity index (χ2v) is 10.9. The molecule has 0 bridgehead atoms. The molecule has 2 aromatic carbocycles. The standard InChI is InChI=1S/C25H31N3O5S/c29-25(27-15-13-26(14-16-27)21-5-2-1-3-6-21)20-9-11-28(12-10-20)34(30,31)22-7-8-23-24(19-22)33-18-4-17-32-23/h1-3,5-8,19-20H,4,9-18H2. The van der Waals surface area contributed by atoms with Crippen LogP contribution >= 0.6 is 0 Å². The molecule has 0 unspecified atom stereocenters. The fourth-order valence-electron chi connectivity index (χ4n) is 4.88. The number of para-hydroxylation sites is 1. The topological polar surface area (TPSA) is 79.4 Å². The minimum atomic E-state index is -3.65. The summed E-state index contributed by atoms with van der Waals surface area (Å²) in [5.74, 6) is 1.07. The van der Waals surface area contributed by atoms with Gasteiger partial charge in [-0.1, -0.05) is 18.2 Å². The van der Waals surface area contributed by atoms with Crippen molar-refractivity contribution in [2.75, 3.05) is 57.4 Å². The maximum atomic E-state index is 13.2. The highest BCUT2D eigenvalue weighted by Gasteiger charge is 2.35. The van der Waals surface area contributed by atoms with Gasteiger partial charge < -0.3 is 19.3 Å². The molecule has 2 aromatic rings. The Morgan fingerprint density at radius 3 is 2.21 bits per heavy atom. The fourth-order valence-corrected chi connectivity index (χ4v) is 6.36. The number of nitrogens with zero attached hydrogens (tertiary/aromatic N) is 3. The molecule has 8 nitrogen and oxygen atoms in total. The average molecular weight is 486 g/mol. The van der Waals surface area contributed by atoms with E-state index in [1.54, 1.807) is 18.2 Å². The van der Waals surface area contributed by atoms with Crippen LogP contribution in [0.25, 0.3) is 0 Å². The van der Waals surface area contributed by atoms with Crippen molar-refractivity contribution in [2.24, 2.45) is 5.92 Å². The highest BCUT2D eigenvalue weighted by atomic mass is 32.2. The van der Waals surface area contributed by atoms with Gasteiger partial charge in [0.25, 0.3) is 0 Å². The number of rotatable bonds is 4. The van der Waals surface area contributed by atoms with E-state index in [1.165, 1.54) is 9.99 Å². The molecule has 0 aliphatic carbocycles. The van der Waals surface area contributed by atoms with E-state index in [-0.39, 0.29) is 16.7 Å². The third-order valence-corrected chi connectivity index (χ3v) is 8.77. The number of piperazine rings is 1. The van der Waals surface area contributed by atoms with Crippen molar-refractivity contribution < 1.29 is 22.7 Å². The summed E-state index contributed by atoms with van der Waals surface area (Å²) >= 11 is 0. The Kier molecular flexibility index (Phi) is 6.65. The number of anilines is 1. The number of benzene rings is 2. The molecule has 0 atom stereocenters. The fraction of sp³-hybridized carbons (Fsp3) is 0.480. The Labute approximate surface area is 201 Å². The zero-order valence-electron chi connectivity index (χ0n) is 19.3. The third kappa shape index (κ3) is 4.72. The first kappa shape index (κ1) is 23.0. The smallest absolute Gasteiger partial charge is 0.243 e. The summed E-state index contributed by atoms with van der Waals surface area (Å²) in [5, 5.41) is 0. The van der Waals surface area contributed by atoms with Crippen LogP contribution in [0.4, 0.5) is 5.69 Å². The summed E-state index contributed by atoms with van der Waals surface area (Å²) in [5.41, 5.74) is 1.18. The number of hydrogen-bond acceptors (Lipinski definition) is 6. The van der Waals surface area contributed by atoms with E-state index in [4.69, 9.17) is 9.47 Å². The van der Waals surface area contributed by atoms with E-state index in [0.29, 0.717) is 63.7 Å². The van der Waals surface area contributed by atoms with Crippen LogP contribution < -0.4 is 14.4 Å². The van der Waals surface area contributed by atoms with Gasteiger partial charge in [0, 0.05) is 63.4 Å². The SMILES string of the molecule is O=C(C1CCN(S(=O)(=O)c2ccc3c(c2)OCCCO3)CC1)N1CCN(c2ccccc2)CC1. The molecule has 182 valence electrons. The monoisotopic (exact) mass is 485 g/mol. The Bertz CT molecular complexity index is 1110. The van der Waals surface area contributed by atoms with E-state index in [1.807, 2.05) is 23.1 Å². The molecule has 1 amide bonds. The third-order valence-electron chi connectivity index (χ3n) is 6.87. The van der Waals surface area contributed by atoms with E-state index in [0.717, 1.165) is 19.5 Å². The molecule has 2 fully saturated rings. The molecule has 3 aliphatic rings. The van der Waals surface area contributed by atoms with Crippen LogP contribution in [0.15, 0.2) is 53.4 Å². The lowest BCUT2D eigenvalue weighted by Crippen LogP contribution is -2.52. The molecule has 0 saturated carbocycles. The Balaban J connectivity index is 1.17. The van der Waals surface area contributed by atoms with Crippen molar-refractivity contribution in [2.45, 2.75) is 24.2 Å². The van der Waals surface area contributed by atoms with Gasteiger partial charge in [-0.15, -0.1) is 0 Å². The molecule has 0 spiro atoms. The minimum Gasteiger partial charge on any atom is -0.490 e. The van der Waals surface area contributed by atoms with Gasteiger partial charge in [-0.25, -0.2) is 8.42 Å². The largest absolute Gasteiger partial charge is 0.490 e. The normalized spacial score (nSPS) is 20.1. The number of carbonyl (C=O) groups is 1. The van der Waals surface area contributed by atoms with Crippen molar-refractivity contribution in [3.63, 3.8) is 0 Å². The number of carbonyl (C=O) groups excluding carboxylic acids is 1. The summed E-state index contributed by atoms with van der Waals surface area (Å²) in [7, 11) is -3.65. The summed E-state index contributed by atoms with van der Waals surface area (Å²) in [6, 6.07) is 15.0. The maximum Gasteiger partial charge on any atom is 0.243 e. The minimum absolute atomic E-state index is 0.126. The van der Waals surface area contributed by atoms with Gasteiger partial charge in [0.2, 0.25) is 15.9 Å². The quantitative estimate of drug-likeness (QED) is 0.663. The molecule has 9 heteroatoms. The predicted molar refractivity (Wildman–Crippen MR) is 129 cm³/mol. The Hall–Kier alpha value is -2.78. The molecule has 3 heterocycles. The first-order chi connectivity index (χ1) is 16.5. The molecular weight excluding hydrogens is 454 g/mol. The lowest BCUT2D eigenvalue weighted by Gasteiger charge is -2.39. The predicted octanol–water partition coefficient (Wildman–Crippen LogP) is 2.60. The zero-order chi connectivity index (χ0) is 23.5.